The van der Waals surface area contributed by atoms with Crippen molar-refractivity contribution in [3.05, 3.63) is 71.9 Å². The number of aromatic nitrogens is 3. The van der Waals surface area contributed by atoms with Gasteiger partial charge in [-0.1, -0.05) is 24.3 Å². The summed E-state index contributed by atoms with van der Waals surface area (Å²) in [6.07, 6.45) is 5.35. The zero-order valence-electron chi connectivity index (χ0n) is 15.4. The molecule has 0 fully saturated rings. The van der Waals surface area contributed by atoms with Crippen molar-refractivity contribution in [3.8, 4) is 16.9 Å². The second-order valence-corrected chi connectivity index (χ2v) is 7.12. The normalized spacial score (nSPS) is 13.8. The Bertz CT molecular complexity index is 1180. The molecule has 2 N–H and O–H groups in total. The van der Waals surface area contributed by atoms with Crippen LogP contribution in [0.5, 0.6) is 5.75 Å². The summed E-state index contributed by atoms with van der Waals surface area (Å²) in [5.41, 5.74) is 11.2. The molecule has 0 aliphatic heterocycles. The summed E-state index contributed by atoms with van der Waals surface area (Å²) in [7, 11) is 1.52. The second-order valence-electron chi connectivity index (χ2n) is 7.12. The van der Waals surface area contributed by atoms with Gasteiger partial charge in [0.15, 0.2) is 0 Å². The standard InChI is InChI=1S/C22H19FN4O/c1-28-18-9-15(6-16(23)10-18)19-11-27(22-20(19)21(24)25-12-26-22)17-7-13-4-2-3-5-14(13)8-17/h2-6,9-12,17H,7-8H2,1H3,(H2,24,25,26). The van der Waals surface area contributed by atoms with E-state index in [0.29, 0.717) is 17.1 Å². The molecule has 5 rings (SSSR count). The van der Waals surface area contributed by atoms with Crippen molar-refractivity contribution in [3.63, 3.8) is 0 Å². The molecule has 0 atom stereocenters. The third kappa shape index (κ3) is 2.60. The molecule has 140 valence electrons. The Labute approximate surface area is 161 Å². The second kappa shape index (κ2) is 6.34. The number of benzene rings is 2. The average molecular weight is 374 g/mol. The number of halogens is 1. The summed E-state index contributed by atoms with van der Waals surface area (Å²) >= 11 is 0. The van der Waals surface area contributed by atoms with Crippen LogP contribution < -0.4 is 10.5 Å². The minimum Gasteiger partial charge on any atom is -0.497 e. The van der Waals surface area contributed by atoms with Gasteiger partial charge in [-0.15, -0.1) is 0 Å². The van der Waals surface area contributed by atoms with E-state index in [-0.39, 0.29) is 11.9 Å². The molecule has 6 heteroatoms. The summed E-state index contributed by atoms with van der Waals surface area (Å²) in [6.45, 7) is 0. The number of ether oxygens (including phenoxy) is 1. The van der Waals surface area contributed by atoms with Crippen molar-refractivity contribution < 1.29 is 9.13 Å². The predicted octanol–water partition coefficient (Wildman–Crippen LogP) is 4.17. The molecule has 0 spiro atoms. The van der Waals surface area contributed by atoms with Gasteiger partial charge in [-0.3, -0.25) is 0 Å². The Morgan fingerprint density at radius 1 is 1.11 bits per heavy atom. The molecule has 0 unspecified atom stereocenters. The topological polar surface area (TPSA) is 66.0 Å². The van der Waals surface area contributed by atoms with Crippen LogP contribution in [-0.4, -0.2) is 21.6 Å². The molecule has 5 nitrogen and oxygen atoms in total. The molecule has 1 aliphatic rings. The van der Waals surface area contributed by atoms with Crippen molar-refractivity contribution in [2.75, 3.05) is 12.8 Å². The van der Waals surface area contributed by atoms with Crippen molar-refractivity contribution in [1.82, 2.24) is 14.5 Å². The van der Waals surface area contributed by atoms with E-state index in [2.05, 4.69) is 38.8 Å². The lowest BCUT2D eigenvalue weighted by Crippen LogP contribution is -2.08. The quantitative estimate of drug-likeness (QED) is 0.585. The van der Waals surface area contributed by atoms with Crippen LogP contribution in [0.4, 0.5) is 10.2 Å². The molecule has 0 radical (unpaired) electrons. The summed E-state index contributed by atoms with van der Waals surface area (Å²) in [4.78, 5) is 8.67. The first-order valence-corrected chi connectivity index (χ1v) is 9.17. The third-order valence-electron chi connectivity index (χ3n) is 5.48. The predicted molar refractivity (Wildman–Crippen MR) is 107 cm³/mol. The van der Waals surface area contributed by atoms with Gasteiger partial charge in [-0.05, 0) is 41.7 Å². The number of nitrogens with zero attached hydrogens (tertiary/aromatic N) is 3. The van der Waals surface area contributed by atoms with E-state index in [1.807, 2.05) is 6.20 Å². The monoisotopic (exact) mass is 374 g/mol. The maximum absolute atomic E-state index is 14.1. The van der Waals surface area contributed by atoms with E-state index in [0.717, 1.165) is 29.4 Å². The largest absolute Gasteiger partial charge is 0.497 e. The summed E-state index contributed by atoms with van der Waals surface area (Å²) in [6, 6.07) is 13.4. The van der Waals surface area contributed by atoms with E-state index >= 15 is 0 Å². The van der Waals surface area contributed by atoms with Crippen LogP contribution in [0.3, 0.4) is 0 Å². The first kappa shape index (κ1) is 16.7. The fourth-order valence-corrected chi connectivity index (χ4v) is 4.17. The fourth-order valence-electron chi connectivity index (χ4n) is 4.17. The van der Waals surface area contributed by atoms with Crippen LogP contribution in [0.2, 0.25) is 0 Å². The van der Waals surface area contributed by atoms with Crippen LogP contribution >= 0.6 is 0 Å². The van der Waals surface area contributed by atoms with Crippen molar-refractivity contribution in [2.45, 2.75) is 18.9 Å². The van der Waals surface area contributed by atoms with Gasteiger partial charge in [0, 0.05) is 23.9 Å². The van der Waals surface area contributed by atoms with Gasteiger partial charge in [0.05, 0.1) is 12.5 Å². The van der Waals surface area contributed by atoms with E-state index in [9.17, 15) is 4.39 Å². The molecule has 2 aromatic carbocycles. The highest BCUT2D eigenvalue weighted by molar-refractivity contribution is 6.00. The van der Waals surface area contributed by atoms with Crippen molar-refractivity contribution in [2.24, 2.45) is 0 Å². The number of rotatable bonds is 3. The van der Waals surface area contributed by atoms with Crippen LogP contribution in [0.25, 0.3) is 22.2 Å². The first-order chi connectivity index (χ1) is 13.6. The fraction of sp³-hybridized carbons (Fsp3) is 0.182. The highest BCUT2D eigenvalue weighted by atomic mass is 19.1. The summed E-state index contributed by atoms with van der Waals surface area (Å²) in [5, 5.41) is 0.742. The molecule has 0 saturated heterocycles. The molecule has 28 heavy (non-hydrogen) atoms. The van der Waals surface area contributed by atoms with Gasteiger partial charge >= 0.3 is 0 Å². The highest BCUT2D eigenvalue weighted by Crippen LogP contribution is 2.39. The van der Waals surface area contributed by atoms with Crippen LogP contribution in [0, 0.1) is 5.82 Å². The number of fused-ring (bicyclic) bond motifs is 2. The maximum Gasteiger partial charge on any atom is 0.146 e. The molecule has 0 saturated carbocycles. The number of nitrogens with two attached hydrogens (primary N) is 1. The molecule has 4 aromatic rings. The molecular formula is C22H19FN4O. The number of hydrogen-bond acceptors (Lipinski definition) is 4. The van der Waals surface area contributed by atoms with Crippen LogP contribution in [-0.2, 0) is 12.8 Å². The van der Waals surface area contributed by atoms with Crippen molar-refractivity contribution in [1.29, 1.82) is 0 Å². The number of nitrogen functional groups attached to an aromatic ring is 1. The summed E-state index contributed by atoms with van der Waals surface area (Å²) < 4.78 is 21.5. The van der Waals surface area contributed by atoms with E-state index in [1.165, 1.54) is 36.7 Å². The first-order valence-electron chi connectivity index (χ1n) is 9.17. The highest BCUT2D eigenvalue weighted by Gasteiger charge is 2.26. The minimum atomic E-state index is -0.362. The Hall–Kier alpha value is -3.41. The lowest BCUT2D eigenvalue weighted by molar-refractivity contribution is 0.411. The zero-order chi connectivity index (χ0) is 19.3. The summed E-state index contributed by atoms with van der Waals surface area (Å²) in [5.74, 6) is 0.482. The van der Waals surface area contributed by atoms with Gasteiger partial charge in [0.2, 0.25) is 0 Å². The lowest BCUT2D eigenvalue weighted by atomic mass is 10.1. The van der Waals surface area contributed by atoms with Gasteiger partial charge < -0.3 is 15.0 Å². The van der Waals surface area contributed by atoms with Gasteiger partial charge in [0.25, 0.3) is 0 Å². The molecule has 0 bridgehead atoms. The number of anilines is 1. The Morgan fingerprint density at radius 3 is 2.57 bits per heavy atom. The van der Waals surface area contributed by atoms with Gasteiger partial charge in [-0.2, -0.15) is 0 Å². The SMILES string of the molecule is COc1cc(F)cc(-c2cn(C3Cc4ccccc4C3)c3ncnc(N)c23)c1. The van der Waals surface area contributed by atoms with E-state index < -0.39 is 0 Å². The van der Waals surface area contributed by atoms with E-state index in [4.69, 9.17) is 10.5 Å². The number of methoxy groups -OCH3 is 1. The zero-order valence-corrected chi connectivity index (χ0v) is 15.4. The van der Waals surface area contributed by atoms with Crippen LogP contribution in [0.1, 0.15) is 17.2 Å². The molecule has 0 amide bonds. The van der Waals surface area contributed by atoms with E-state index in [1.54, 1.807) is 6.07 Å². The Morgan fingerprint density at radius 2 is 1.86 bits per heavy atom. The van der Waals surface area contributed by atoms with Gasteiger partial charge in [-0.25, -0.2) is 14.4 Å². The smallest absolute Gasteiger partial charge is 0.146 e. The van der Waals surface area contributed by atoms with Crippen molar-refractivity contribution >= 4 is 16.9 Å². The Balaban J connectivity index is 1.69. The van der Waals surface area contributed by atoms with Gasteiger partial charge in [0.1, 0.15) is 29.4 Å². The third-order valence-corrected chi connectivity index (χ3v) is 5.48. The lowest BCUT2D eigenvalue weighted by Gasteiger charge is -2.12. The molecule has 2 heterocycles. The average Bonchev–Trinajstić information content (AvgIpc) is 3.29. The maximum atomic E-state index is 14.1. The Kier molecular flexibility index (Phi) is 3.79. The molecular weight excluding hydrogens is 355 g/mol. The number of hydrogen-bond donors (Lipinski definition) is 1. The minimum absolute atomic E-state index is 0.235. The van der Waals surface area contributed by atoms with Crippen LogP contribution in [0.15, 0.2) is 55.0 Å². The molecule has 2 aromatic heterocycles. The molecule has 1 aliphatic carbocycles.